The van der Waals surface area contributed by atoms with E-state index < -0.39 is 0 Å². The average Bonchev–Trinajstić information content (AvgIpc) is 2.47. The maximum Gasteiger partial charge on any atom is 0.409 e. The number of hydrogen-bond acceptors (Lipinski definition) is 4. The molecule has 1 saturated heterocycles. The first kappa shape index (κ1) is 15.2. The first-order valence-corrected chi connectivity index (χ1v) is 7.10. The van der Waals surface area contributed by atoms with Gasteiger partial charge in [-0.05, 0) is 25.5 Å². The van der Waals surface area contributed by atoms with Gasteiger partial charge in [-0.15, -0.1) is 0 Å². The number of aryl methyl sites for hydroxylation is 1. The van der Waals surface area contributed by atoms with Crippen LogP contribution in [0.15, 0.2) is 18.2 Å². The lowest BCUT2D eigenvalue weighted by Gasteiger charge is -2.34. The minimum Gasteiger partial charge on any atom is -0.450 e. The fourth-order valence-corrected chi connectivity index (χ4v) is 2.45. The van der Waals surface area contributed by atoms with Crippen LogP contribution in [0.2, 0.25) is 0 Å². The number of piperazine rings is 1. The second-order valence-corrected chi connectivity index (χ2v) is 5.02. The molecule has 2 rings (SSSR count). The molecule has 0 bridgehead atoms. The Morgan fingerprint density at radius 1 is 1.19 bits per heavy atom. The summed E-state index contributed by atoms with van der Waals surface area (Å²) in [6, 6.07) is 5.44. The van der Waals surface area contributed by atoms with Crippen molar-refractivity contribution in [2.45, 2.75) is 13.8 Å². The first-order valence-electron chi connectivity index (χ1n) is 7.10. The Morgan fingerprint density at radius 3 is 2.38 bits per heavy atom. The molecule has 1 heterocycles. The zero-order valence-corrected chi connectivity index (χ0v) is 12.5. The Bertz CT molecular complexity index is 517. The normalized spacial score (nSPS) is 15.0. The monoisotopic (exact) mass is 291 g/mol. The van der Waals surface area contributed by atoms with Crippen LogP contribution in [-0.4, -0.2) is 54.6 Å². The molecule has 21 heavy (non-hydrogen) atoms. The van der Waals surface area contributed by atoms with E-state index in [4.69, 9.17) is 10.5 Å². The summed E-state index contributed by atoms with van der Waals surface area (Å²) >= 11 is 0. The molecule has 1 aromatic rings. The molecule has 2 N–H and O–H groups in total. The van der Waals surface area contributed by atoms with Crippen molar-refractivity contribution in [3.8, 4) is 0 Å². The molecule has 1 aliphatic rings. The minimum absolute atomic E-state index is 0.0749. The van der Waals surface area contributed by atoms with Crippen LogP contribution in [0.4, 0.5) is 10.5 Å². The van der Waals surface area contributed by atoms with Crippen molar-refractivity contribution in [3.63, 3.8) is 0 Å². The molecule has 1 aromatic carbocycles. The molecule has 0 radical (unpaired) electrons. The van der Waals surface area contributed by atoms with E-state index in [1.54, 1.807) is 22.8 Å². The lowest BCUT2D eigenvalue weighted by atomic mass is 10.1. The highest BCUT2D eigenvalue weighted by Gasteiger charge is 2.26. The van der Waals surface area contributed by atoms with E-state index in [-0.39, 0.29) is 12.0 Å². The maximum atomic E-state index is 12.6. The number of amides is 2. The minimum atomic E-state index is -0.319. The van der Waals surface area contributed by atoms with E-state index in [9.17, 15) is 9.59 Å². The molecule has 114 valence electrons. The molecule has 1 fully saturated rings. The molecule has 6 heteroatoms. The molecule has 6 nitrogen and oxygen atoms in total. The smallest absolute Gasteiger partial charge is 0.409 e. The fraction of sp³-hybridized carbons (Fsp3) is 0.467. The van der Waals surface area contributed by atoms with Crippen LogP contribution in [0.1, 0.15) is 22.8 Å². The van der Waals surface area contributed by atoms with Crippen molar-refractivity contribution in [1.29, 1.82) is 0 Å². The highest BCUT2D eigenvalue weighted by atomic mass is 16.6. The third-order valence-corrected chi connectivity index (χ3v) is 3.61. The number of nitrogens with two attached hydrogens (primary N) is 1. The number of nitrogen functional groups attached to an aromatic ring is 1. The van der Waals surface area contributed by atoms with Crippen molar-refractivity contribution >= 4 is 17.7 Å². The predicted molar refractivity (Wildman–Crippen MR) is 80.1 cm³/mol. The SMILES string of the molecule is CCOC(=O)N1CCN(C(=O)c2c(C)cccc2N)CC1. The van der Waals surface area contributed by atoms with E-state index in [0.717, 1.165) is 5.56 Å². The van der Waals surface area contributed by atoms with Gasteiger partial charge in [-0.3, -0.25) is 4.79 Å². The molecule has 0 unspecified atom stereocenters. The third-order valence-electron chi connectivity index (χ3n) is 3.61. The van der Waals surface area contributed by atoms with Crippen LogP contribution in [0.25, 0.3) is 0 Å². The number of rotatable bonds is 2. The lowest BCUT2D eigenvalue weighted by molar-refractivity contribution is 0.0570. The van der Waals surface area contributed by atoms with E-state index in [1.165, 1.54) is 0 Å². The molecule has 0 saturated carbocycles. The van der Waals surface area contributed by atoms with Gasteiger partial charge in [0, 0.05) is 31.9 Å². The van der Waals surface area contributed by atoms with Crippen molar-refractivity contribution in [3.05, 3.63) is 29.3 Å². The second-order valence-electron chi connectivity index (χ2n) is 5.02. The zero-order chi connectivity index (χ0) is 15.4. The van der Waals surface area contributed by atoms with Crippen LogP contribution in [0, 0.1) is 6.92 Å². The van der Waals surface area contributed by atoms with Crippen molar-refractivity contribution in [1.82, 2.24) is 9.80 Å². The Balaban J connectivity index is 2.02. The highest BCUT2D eigenvalue weighted by Crippen LogP contribution is 2.19. The Morgan fingerprint density at radius 2 is 1.81 bits per heavy atom. The maximum absolute atomic E-state index is 12.6. The topological polar surface area (TPSA) is 75.9 Å². The summed E-state index contributed by atoms with van der Waals surface area (Å²) in [7, 11) is 0. The highest BCUT2D eigenvalue weighted by molar-refractivity contribution is 6.00. The molecule has 0 aromatic heterocycles. The van der Waals surface area contributed by atoms with Gasteiger partial charge >= 0.3 is 6.09 Å². The lowest BCUT2D eigenvalue weighted by Crippen LogP contribution is -2.50. The molecule has 0 aliphatic carbocycles. The molecule has 0 atom stereocenters. The Kier molecular flexibility index (Phi) is 4.67. The van der Waals surface area contributed by atoms with Crippen molar-refractivity contribution in [2.24, 2.45) is 0 Å². The number of ether oxygens (including phenoxy) is 1. The van der Waals surface area contributed by atoms with Crippen LogP contribution < -0.4 is 5.73 Å². The number of carbonyl (C=O) groups is 2. The third kappa shape index (κ3) is 3.26. The fourth-order valence-electron chi connectivity index (χ4n) is 2.45. The van der Waals surface area contributed by atoms with Gasteiger partial charge in [0.1, 0.15) is 0 Å². The summed E-state index contributed by atoms with van der Waals surface area (Å²) in [5.41, 5.74) is 7.83. The molecular formula is C15H21N3O3. The van der Waals surface area contributed by atoms with Gasteiger partial charge in [-0.2, -0.15) is 0 Å². The van der Waals surface area contributed by atoms with Gasteiger partial charge in [0.15, 0.2) is 0 Å². The van der Waals surface area contributed by atoms with Gasteiger partial charge in [0.2, 0.25) is 0 Å². The summed E-state index contributed by atoms with van der Waals surface area (Å²) in [4.78, 5) is 27.5. The van der Waals surface area contributed by atoms with Crippen LogP contribution in [0.3, 0.4) is 0 Å². The molecule has 1 aliphatic heterocycles. The Labute approximate surface area is 124 Å². The van der Waals surface area contributed by atoms with Crippen molar-refractivity contribution < 1.29 is 14.3 Å². The van der Waals surface area contributed by atoms with E-state index in [0.29, 0.717) is 44.0 Å². The van der Waals surface area contributed by atoms with Gasteiger partial charge in [0.25, 0.3) is 5.91 Å². The Hall–Kier alpha value is -2.24. The van der Waals surface area contributed by atoms with E-state index >= 15 is 0 Å². The summed E-state index contributed by atoms with van der Waals surface area (Å²) < 4.78 is 4.96. The summed E-state index contributed by atoms with van der Waals surface area (Å²) in [5.74, 6) is -0.0749. The number of nitrogens with zero attached hydrogens (tertiary/aromatic N) is 2. The van der Waals surface area contributed by atoms with Crippen LogP contribution >= 0.6 is 0 Å². The quantitative estimate of drug-likeness (QED) is 0.838. The summed E-state index contributed by atoms with van der Waals surface area (Å²) in [5, 5.41) is 0. The molecule has 2 amide bonds. The van der Waals surface area contributed by atoms with Gasteiger partial charge < -0.3 is 20.3 Å². The van der Waals surface area contributed by atoms with Crippen molar-refractivity contribution in [2.75, 3.05) is 38.5 Å². The largest absolute Gasteiger partial charge is 0.450 e. The van der Waals surface area contributed by atoms with Gasteiger partial charge in [-0.25, -0.2) is 4.79 Å². The first-order chi connectivity index (χ1) is 10.0. The standard InChI is InChI=1S/C15H21N3O3/c1-3-21-15(20)18-9-7-17(8-10-18)14(19)13-11(2)5-4-6-12(13)16/h4-6H,3,7-10,16H2,1-2H3. The number of hydrogen-bond donors (Lipinski definition) is 1. The number of carbonyl (C=O) groups excluding carboxylic acids is 2. The number of anilines is 1. The predicted octanol–water partition coefficient (Wildman–Crippen LogP) is 1.49. The van der Waals surface area contributed by atoms with E-state index in [2.05, 4.69) is 0 Å². The second kappa shape index (κ2) is 6.47. The van der Waals surface area contributed by atoms with Gasteiger partial charge in [0.05, 0.1) is 12.2 Å². The van der Waals surface area contributed by atoms with Crippen LogP contribution in [0.5, 0.6) is 0 Å². The zero-order valence-electron chi connectivity index (χ0n) is 12.5. The van der Waals surface area contributed by atoms with E-state index in [1.807, 2.05) is 19.1 Å². The molecular weight excluding hydrogens is 270 g/mol. The summed E-state index contributed by atoms with van der Waals surface area (Å²) in [6.07, 6.45) is -0.319. The van der Waals surface area contributed by atoms with Gasteiger partial charge in [-0.1, -0.05) is 12.1 Å². The average molecular weight is 291 g/mol. The molecule has 0 spiro atoms. The summed E-state index contributed by atoms with van der Waals surface area (Å²) in [6.45, 7) is 5.96. The number of benzene rings is 1. The van der Waals surface area contributed by atoms with Crippen LogP contribution in [-0.2, 0) is 4.74 Å².